The van der Waals surface area contributed by atoms with Gasteiger partial charge >= 0.3 is 12.0 Å². The van der Waals surface area contributed by atoms with E-state index in [-0.39, 0.29) is 18.6 Å². The fraction of sp³-hybridized carbons (Fsp3) is 0.833. The highest BCUT2D eigenvalue weighted by molar-refractivity contribution is 5.82. The van der Waals surface area contributed by atoms with E-state index in [1.165, 1.54) is 7.11 Å². The fourth-order valence-electron chi connectivity index (χ4n) is 1.16. The van der Waals surface area contributed by atoms with Crippen molar-refractivity contribution in [1.82, 2.24) is 15.5 Å². The lowest BCUT2D eigenvalue weighted by molar-refractivity contribution is -0.139. The summed E-state index contributed by atoms with van der Waals surface area (Å²) in [7, 11) is 5.31. The molecule has 7 heteroatoms. The Bertz CT molecular complexity index is 305. The summed E-state index contributed by atoms with van der Waals surface area (Å²) in [5.41, 5.74) is -0.206. The van der Waals surface area contributed by atoms with Crippen LogP contribution in [0.1, 0.15) is 20.3 Å². The zero-order valence-corrected chi connectivity index (χ0v) is 12.3. The number of rotatable bonds is 8. The van der Waals surface area contributed by atoms with Crippen LogP contribution in [-0.2, 0) is 9.53 Å². The first-order chi connectivity index (χ1) is 8.70. The predicted molar refractivity (Wildman–Crippen MR) is 72.2 cm³/mol. The van der Waals surface area contributed by atoms with Crippen LogP contribution in [0.15, 0.2) is 0 Å². The van der Waals surface area contributed by atoms with Crippen molar-refractivity contribution < 1.29 is 19.4 Å². The second-order valence-corrected chi connectivity index (χ2v) is 5.21. The molecule has 0 heterocycles. The van der Waals surface area contributed by atoms with Crippen molar-refractivity contribution in [2.45, 2.75) is 31.8 Å². The Kier molecular flexibility index (Phi) is 7.40. The maximum atomic E-state index is 11.6. The Balaban J connectivity index is 4.24. The van der Waals surface area contributed by atoms with Crippen LogP contribution in [0.2, 0.25) is 0 Å². The van der Waals surface area contributed by atoms with Crippen LogP contribution in [0.4, 0.5) is 4.79 Å². The van der Waals surface area contributed by atoms with E-state index in [1.807, 2.05) is 32.8 Å². The van der Waals surface area contributed by atoms with Crippen LogP contribution < -0.4 is 10.6 Å². The number of likely N-dealkylation sites (N-methyl/N-ethyl adjacent to an activating group) is 1. The zero-order valence-electron chi connectivity index (χ0n) is 12.3. The van der Waals surface area contributed by atoms with Gasteiger partial charge in [-0.2, -0.15) is 0 Å². The van der Waals surface area contributed by atoms with Crippen molar-refractivity contribution >= 4 is 12.0 Å². The average molecular weight is 275 g/mol. The van der Waals surface area contributed by atoms with Crippen molar-refractivity contribution in [3.05, 3.63) is 0 Å². The quantitative estimate of drug-likeness (QED) is 0.585. The average Bonchev–Trinajstić information content (AvgIpc) is 2.31. The summed E-state index contributed by atoms with van der Waals surface area (Å²) in [6.07, 6.45) is 0.232. The minimum absolute atomic E-state index is 0.206. The molecular weight excluding hydrogens is 250 g/mol. The minimum atomic E-state index is -1.07. The molecule has 7 nitrogen and oxygen atoms in total. The first-order valence-corrected chi connectivity index (χ1v) is 6.14. The number of methoxy groups -OCH3 is 1. The maximum absolute atomic E-state index is 11.6. The molecule has 3 N–H and O–H groups in total. The van der Waals surface area contributed by atoms with Crippen LogP contribution >= 0.6 is 0 Å². The van der Waals surface area contributed by atoms with E-state index >= 15 is 0 Å². The molecule has 112 valence electrons. The summed E-state index contributed by atoms with van der Waals surface area (Å²) in [5.74, 6) is -1.07. The summed E-state index contributed by atoms with van der Waals surface area (Å²) in [6.45, 7) is 4.66. The summed E-state index contributed by atoms with van der Waals surface area (Å²) in [5, 5.41) is 14.0. The van der Waals surface area contributed by atoms with Gasteiger partial charge in [0.25, 0.3) is 0 Å². The number of hydrogen-bond donors (Lipinski definition) is 3. The van der Waals surface area contributed by atoms with Crippen molar-refractivity contribution in [2.75, 3.05) is 34.4 Å². The van der Waals surface area contributed by atoms with E-state index in [4.69, 9.17) is 9.84 Å². The van der Waals surface area contributed by atoms with E-state index in [9.17, 15) is 9.59 Å². The summed E-state index contributed by atoms with van der Waals surface area (Å²) in [4.78, 5) is 24.6. The number of carbonyl (C=O) groups excluding carboxylic acids is 1. The molecule has 0 aliphatic rings. The smallest absolute Gasteiger partial charge is 0.326 e. The highest BCUT2D eigenvalue weighted by atomic mass is 16.5. The molecule has 0 bridgehead atoms. The molecule has 1 unspecified atom stereocenters. The number of carboxylic acids is 1. The zero-order chi connectivity index (χ0) is 15.1. The molecule has 0 aliphatic carbocycles. The standard InChI is InChI=1S/C12H25N3O4/c1-12(2,15(3)4)8-13-11(18)14-9(10(16)17)6-7-19-5/h9H,6-8H2,1-5H3,(H,16,17)(H2,13,14,18). The molecule has 0 aromatic rings. The van der Waals surface area contributed by atoms with E-state index in [0.717, 1.165) is 0 Å². The highest BCUT2D eigenvalue weighted by Crippen LogP contribution is 2.07. The van der Waals surface area contributed by atoms with Gasteiger partial charge in [-0.15, -0.1) is 0 Å². The number of carbonyl (C=O) groups is 2. The SMILES string of the molecule is COCCC(NC(=O)NCC(C)(C)N(C)C)C(=O)O. The molecule has 0 radical (unpaired) electrons. The normalized spacial score (nSPS) is 13.2. The highest BCUT2D eigenvalue weighted by Gasteiger charge is 2.23. The molecule has 0 saturated carbocycles. The van der Waals surface area contributed by atoms with Crippen molar-refractivity contribution in [1.29, 1.82) is 0 Å². The van der Waals surface area contributed by atoms with Gasteiger partial charge in [-0.1, -0.05) is 0 Å². The van der Waals surface area contributed by atoms with Crippen molar-refractivity contribution in [3.8, 4) is 0 Å². The number of hydrogen-bond acceptors (Lipinski definition) is 4. The van der Waals surface area contributed by atoms with Gasteiger partial charge in [0.15, 0.2) is 0 Å². The molecule has 0 saturated heterocycles. The van der Waals surface area contributed by atoms with Crippen LogP contribution in [0.3, 0.4) is 0 Å². The number of ether oxygens (including phenoxy) is 1. The van der Waals surface area contributed by atoms with Gasteiger partial charge in [-0.05, 0) is 27.9 Å². The summed E-state index contributed by atoms with van der Waals surface area (Å²) >= 11 is 0. The molecule has 0 aromatic heterocycles. The minimum Gasteiger partial charge on any atom is -0.480 e. The monoisotopic (exact) mass is 275 g/mol. The number of nitrogens with one attached hydrogen (secondary N) is 2. The topological polar surface area (TPSA) is 90.9 Å². The van der Waals surface area contributed by atoms with Gasteiger partial charge < -0.3 is 25.4 Å². The molecule has 0 fully saturated rings. The number of urea groups is 1. The fourth-order valence-corrected chi connectivity index (χ4v) is 1.16. The maximum Gasteiger partial charge on any atom is 0.326 e. The number of aliphatic carboxylic acids is 1. The lowest BCUT2D eigenvalue weighted by atomic mass is 10.0. The van der Waals surface area contributed by atoms with Crippen LogP contribution in [-0.4, -0.2) is 67.9 Å². The lowest BCUT2D eigenvalue weighted by Gasteiger charge is -2.32. The first-order valence-electron chi connectivity index (χ1n) is 6.14. The molecule has 1 atom stereocenters. The summed E-state index contributed by atoms with van der Waals surface area (Å²) in [6, 6.07) is -1.43. The van der Waals surface area contributed by atoms with Crippen LogP contribution in [0.25, 0.3) is 0 Å². The third-order valence-corrected chi connectivity index (χ3v) is 3.11. The third-order valence-electron chi connectivity index (χ3n) is 3.11. The van der Waals surface area contributed by atoms with E-state index in [2.05, 4.69) is 10.6 Å². The van der Waals surface area contributed by atoms with Gasteiger partial charge in [-0.25, -0.2) is 9.59 Å². The third kappa shape index (κ3) is 6.97. The number of amides is 2. The lowest BCUT2D eigenvalue weighted by Crippen LogP contribution is -2.53. The Hall–Kier alpha value is -1.34. The molecule has 0 aromatic carbocycles. The van der Waals surface area contributed by atoms with Gasteiger partial charge in [0.2, 0.25) is 0 Å². The van der Waals surface area contributed by atoms with Crippen molar-refractivity contribution in [2.24, 2.45) is 0 Å². The van der Waals surface area contributed by atoms with Crippen molar-refractivity contribution in [3.63, 3.8) is 0 Å². The molecular formula is C12H25N3O4. The van der Waals surface area contributed by atoms with E-state index in [0.29, 0.717) is 6.54 Å². The second-order valence-electron chi connectivity index (χ2n) is 5.21. The first kappa shape index (κ1) is 17.7. The second kappa shape index (κ2) is 7.96. The molecule has 0 rings (SSSR count). The number of nitrogens with zero attached hydrogens (tertiary/aromatic N) is 1. The summed E-state index contributed by atoms with van der Waals surface area (Å²) < 4.78 is 4.81. The van der Waals surface area contributed by atoms with Gasteiger partial charge in [0.05, 0.1) is 0 Å². The van der Waals surface area contributed by atoms with Gasteiger partial charge in [-0.3, -0.25) is 0 Å². The molecule has 2 amide bonds. The molecule has 0 spiro atoms. The molecule has 0 aliphatic heterocycles. The Morgan fingerprint density at radius 1 is 1.37 bits per heavy atom. The predicted octanol–water partition coefficient (Wildman–Crippen LogP) is 0.116. The Morgan fingerprint density at radius 3 is 2.37 bits per heavy atom. The van der Waals surface area contributed by atoms with Gasteiger partial charge in [0, 0.05) is 32.2 Å². The van der Waals surface area contributed by atoms with E-state index < -0.39 is 18.0 Å². The Labute approximate surface area is 114 Å². The van der Waals surface area contributed by atoms with Crippen LogP contribution in [0, 0.1) is 0 Å². The largest absolute Gasteiger partial charge is 0.480 e. The molecule has 19 heavy (non-hydrogen) atoms. The van der Waals surface area contributed by atoms with Crippen LogP contribution in [0.5, 0.6) is 0 Å². The number of carboxylic acid groups (broad SMARTS) is 1. The van der Waals surface area contributed by atoms with E-state index in [1.54, 1.807) is 0 Å². The Morgan fingerprint density at radius 2 is 1.95 bits per heavy atom. The van der Waals surface area contributed by atoms with Gasteiger partial charge in [0.1, 0.15) is 6.04 Å².